The standard InChI is InChI=1S/C19H21BrN2O4/c1-24-14-4-6-18(25-2)15(12-14)19(23)21-16-11-13(20)3-5-17(16)22-7-9-26-10-8-22/h3-6,11-12H,7-10H2,1-2H3,(H,21,23). The molecule has 26 heavy (non-hydrogen) atoms. The largest absolute Gasteiger partial charge is 0.497 e. The predicted molar refractivity (Wildman–Crippen MR) is 105 cm³/mol. The molecule has 1 aliphatic heterocycles. The topological polar surface area (TPSA) is 60.0 Å². The van der Waals surface area contributed by atoms with Gasteiger partial charge in [-0.15, -0.1) is 0 Å². The Morgan fingerprint density at radius 1 is 1.12 bits per heavy atom. The molecule has 3 rings (SSSR count). The van der Waals surface area contributed by atoms with Crippen LogP contribution >= 0.6 is 15.9 Å². The lowest BCUT2D eigenvalue weighted by molar-refractivity contribution is 0.102. The number of nitrogens with zero attached hydrogens (tertiary/aromatic N) is 1. The number of hydrogen-bond donors (Lipinski definition) is 1. The van der Waals surface area contributed by atoms with E-state index < -0.39 is 0 Å². The van der Waals surface area contributed by atoms with Crippen LogP contribution in [0.1, 0.15) is 10.4 Å². The molecule has 0 saturated carbocycles. The first-order valence-corrected chi connectivity index (χ1v) is 9.07. The fourth-order valence-corrected chi connectivity index (χ4v) is 3.23. The van der Waals surface area contributed by atoms with Gasteiger partial charge in [-0.2, -0.15) is 0 Å². The highest BCUT2D eigenvalue weighted by molar-refractivity contribution is 9.10. The van der Waals surface area contributed by atoms with E-state index in [-0.39, 0.29) is 5.91 Å². The molecule has 1 N–H and O–H groups in total. The van der Waals surface area contributed by atoms with Gasteiger partial charge in [-0.1, -0.05) is 15.9 Å². The van der Waals surface area contributed by atoms with Gasteiger partial charge in [0, 0.05) is 17.6 Å². The molecular weight excluding hydrogens is 400 g/mol. The molecule has 0 aliphatic carbocycles. The number of rotatable bonds is 5. The number of hydrogen-bond acceptors (Lipinski definition) is 5. The molecule has 2 aromatic rings. The van der Waals surface area contributed by atoms with Crippen molar-refractivity contribution >= 4 is 33.2 Å². The average Bonchev–Trinajstić information content (AvgIpc) is 2.68. The predicted octanol–water partition coefficient (Wildman–Crippen LogP) is 3.56. The Balaban J connectivity index is 1.91. The van der Waals surface area contributed by atoms with Crippen LogP contribution in [0.4, 0.5) is 11.4 Å². The van der Waals surface area contributed by atoms with Crippen molar-refractivity contribution in [2.45, 2.75) is 0 Å². The summed E-state index contributed by atoms with van der Waals surface area (Å²) in [6.45, 7) is 2.92. The van der Waals surface area contributed by atoms with E-state index in [4.69, 9.17) is 14.2 Å². The Labute approximate surface area is 161 Å². The van der Waals surface area contributed by atoms with Crippen LogP contribution < -0.4 is 19.7 Å². The number of methoxy groups -OCH3 is 2. The zero-order chi connectivity index (χ0) is 18.5. The zero-order valence-corrected chi connectivity index (χ0v) is 16.3. The van der Waals surface area contributed by atoms with Crippen molar-refractivity contribution < 1.29 is 19.0 Å². The highest BCUT2D eigenvalue weighted by Crippen LogP contribution is 2.32. The molecular formula is C19H21BrN2O4. The molecule has 6 nitrogen and oxygen atoms in total. The first-order valence-electron chi connectivity index (χ1n) is 8.28. The molecule has 0 bridgehead atoms. The first-order chi connectivity index (χ1) is 12.6. The van der Waals surface area contributed by atoms with Crippen LogP contribution in [0.3, 0.4) is 0 Å². The summed E-state index contributed by atoms with van der Waals surface area (Å²) in [5, 5.41) is 3.00. The van der Waals surface area contributed by atoms with Gasteiger partial charge in [0.2, 0.25) is 0 Å². The second kappa shape index (κ2) is 8.42. The van der Waals surface area contributed by atoms with E-state index >= 15 is 0 Å². The van der Waals surface area contributed by atoms with Crippen LogP contribution in [0.15, 0.2) is 40.9 Å². The SMILES string of the molecule is COc1ccc(OC)c(C(=O)Nc2cc(Br)ccc2N2CCOCC2)c1. The van der Waals surface area contributed by atoms with Crippen molar-refractivity contribution in [1.82, 2.24) is 0 Å². The molecule has 1 fully saturated rings. The summed E-state index contributed by atoms with van der Waals surface area (Å²) in [4.78, 5) is 15.1. The second-order valence-electron chi connectivity index (χ2n) is 5.78. The molecule has 1 saturated heterocycles. The fraction of sp³-hybridized carbons (Fsp3) is 0.316. The zero-order valence-electron chi connectivity index (χ0n) is 14.8. The van der Waals surface area contributed by atoms with Crippen LogP contribution in [0, 0.1) is 0 Å². The Morgan fingerprint density at radius 3 is 2.58 bits per heavy atom. The molecule has 7 heteroatoms. The summed E-state index contributed by atoms with van der Waals surface area (Å²) in [5.41, 5.74) is 2.11. The summed E-state index contributed by atoms with van der Waals surface area (Å²) in [5.74, 6) is 0.832. The van der Waals surface area contributed by atoms with Gasteiger partial charge >= 0.3 is 0 Å². The van der Waals surface area contributed by atoms with Gasteiger partial charge in [-0.3, -0.25) is 4.79 Å². The Morgan fingerprint density at radius 2 is 1.88 bits per heavy atom. The highest BCUT2D eigenvalue weighted by Gasteiger charge is 2.19. The van der Waals surface area contributed by atoms with Crippen molar-refractivity contribution in [2.75, 3.05) is 50.7 Å². The normalized spacial score (nSPS) is 14.0. The van der Waals surface area contributed by atoms with Crippen molar-refractivity contribution in [3.05, 3.63) is 46.4 Å². The third-order valence-electron chi connectivity index (χ3n) is 4.21. The van der Waals surface area contributed by atoms with Crippen LogP contribution in [-0.2, 0) is 4.74 Å². The van der Waals surface area contributed by atoms with E-state index in [1.54, 1.807) is 25.3 Å². The number of carbonyl (C=O) groups excluding carboxylic acids is 1. The van der Waals surface area contributed by atoms with Crippen LogP contribution in [0.25, 0.3) is 0 Å². The minimum absolute atomic E-state index is 0.256. The van der Waals surface area contributed by atoms with Crippen molar-refractivity contribution in [2.24, 2.45) is 0 Å². The fourth-order valence-electron chi connectivity index (χ4n) is 2.87. The number of nitrogens with one attached hydrogen (secondary N) is 1. The van der Waals surface area contributed by atoms with Gasteiger partial charge in [-0.05, 0) is 36.4 Å². The third-order valence-corrected chi connectivity index (χ3v) is 4.70. The van der Waals surface area contributed by atoms with Crippen molar-refractivity contribution in [3.8, 4) is 11.5 Å². The molecule has 0 unspecified atom stereocenters. The summed E-state index contributed by atoms with van der Waals surface area (Å²) >= 11 is 3.48. The Hall–Kier alpha value is -2.25. The quantitative estimate of drug-likeness (QED) is 0.800. The van der Waals surface area contributed by atoms with E-state index in [9.17, 15) is 4.79 Å². The van der Waals surface area contributed by atoms with E-state index in [1.807, 2.05) is 18.2 Å². The van der Waals surface area contributed by atoms with E-state index in [2.05, 4.69) is 26.1 Å². The van der Waals surface area contributed by atoms with Crippen molar-refractivity contribution in [1.29, 1.82) is 0 Å². The molecule has 0 aromatic heterocycles. The molecule has 1 aliphatic rings. The maximum atomic E-state index is 12.9. The lowest BCUT2D eigenvalue weighted by Gasteiger charge is -2.30. The summed E-state index contributed by atoms with van der Waals surface area (Å²) in [7, 11) is 3.10. The molecule has 0 atom stereocenters. The van der Waals surface area contributed by atoms with Crippen LogP contribution in [0.5, 0.6) is 11.5 Å². The van der Waals surface area contributed by atoms with Gasteiger partial charge in [0.25, 0.3) is 5.91 Å². The lowest BCUT2D eigenvalue weighted by atomic mass is 10.1. The van der Waals surface area contributed by atoms with Gasteiger partial charge < -0.3 is 24.4 Å². The minimum Gasteiger partial charge on any atom is -0.497 e. The first kappa shape index (κ1) is 18.5. The summed E-state index contributed by atoms with van der Waals surface area (Å²) < 4.78 is 16.9. The lowest BCUT2D eigenvalue weighted by Crippen LogP contribution is -2.36. The van der Waals surface area contributed by atoms with E-state index in [1.165, 1.54) is 7.11 Å². The van der Waals surface area contributed by atoms with E-state index in [0.717, 1.165) is 28.9 Å². The number of carbonyl (C=O) groups is 1. The maximum absolute atomic E-state index is 12.9. The summed E-state index contributed by atoms with van der Waals surface area (Å²) in [6, 6.07) is 11.0. The molecule has 2 aromatic carbocycles. The van der Waals surface area contributed by atoms with Crippen molar-refractivity contribution in [3.63, 3.8) is 0 Å². The Bertz CT molecular complexity index is 791. The van der Waals surface area contributed by atoms with Crippen LogP contribution in [0.2, 0.25) is 0 Å². The molecule has 0 radical (unpaired) electrons. The van der Waals surface area contributed by atoms with Crippen LogP contribution in [-0.4, -0.2) is 46.4 Å². The molecule has 1 heterocycles. The number of amides is 1. The number of halogens is 1. The van der Waals surface area contributed by atoms with Gasteiger partial charge in [0.1, 0.15) is 11.5 Å². The van der Waals surface area contributed by atoms with Gasteiger partial charge in [0.15, 0.2) is 0 Å². The minimum atomic E-state index is -0.256. The third kappa shape index (κ3) is 4.11. The van der Waals surface area contributed by atoms with Gasteiger partial charge in [0.05, 0.1) is 44.4 Å². The average molecular weight is 421 g/mol. The number of benzene rings is 2. The smallest absolute Gasteiger partial charge is 0.259 e. The molecule has 1 amide bonds. The Kier molecular flexibility index (Phi) is 6.00. The number of morpholine rings is 1. The van der Waals surface area contributed by atoms with Gasteiger partial charge in [-0.25, -0.2) is 0 Å². The second-order valence-corrected chi connectivity index (χ2v) is 6.70. The maximum Gasteiger partial charge on any atom is 0.259 e. The molecule has 138 valence electrons. The highest BCUT2D eigenvalue weighted by atomic mass is 79.9. The number of ether oxygens (including phenoxy) is 3. The number of anilines is 2. The van der Waals surface area contributed by atoms with E-state index in [0.29, 0.717) is 30.3 Å². The monoisotopic (exact) mass is 420 g/mol. The molecule has 0 spiro atoms. The summed E-state index contributed by atoms with van der Waals surface area (Å²) in [6.07, 6.45) is 0.